The van der Waals surface area contributed by atoms with Gasteiger partial charge in [0.1, 0.15) is 23.7 Å². The first-order chi connectivity index (χ1) is 46.6. The van der Waals surface area contributed by atoms with Crippen LogP contribution in [0.1, 0.15) is 188 Å². The Balaban J connectivity index is 2.64. The molecule has 0 aliphatic carbocycles. The molecule has 0 spiro atoms. The van der Waals surface area contributed by atoms with Gasteiger partial charge in [-0.05, 0) is 129 Å². The number of rotatable bonds is 42. The second-order valence-electron chi connectivity index (χ2n) is 26.6. The van der Waals surface area contributed by atoms with Crippen molar-refractivity contribution in [3.05, 3.63) is 35.9 Å². The lowest BCUT2D eigenvalue weighted by Crippen LogP contribution is -2.57. The molecule has 0 unspecified atom stereocenters. The largest absolute Gasteiger partial charge is 0.393 e. The van der Waals surface area contributed by atoms with E-state index in [1.807, 2.05) is 13.8 Å². The molecule has 98 heavy (non-hydrogen) atoms. The maximum absolute atomic E-state index is 14.8. The molecule has 1 fully saturated rings. The fourth-order valence-corrected chi connectivity index (χ4v) is 11.8. The third-order valence-corrected chi connectivity index (χ3v) is 17.6. The average molecular weight is 1380 g/mol. The molecule has 7 amide bonds. The van der Waals surface area contributed by atoms with Crippen LogP contribution in [-0.4, -0.2) is 187 Å². The van der Waals surface area contributed by atoms with Crippen molar-refractivity contribution in [2.45, 2.75) is 238 Å². The SMILES string of the molecule is CCCCCCCC[C@H](CC(=O)CCOCCCC(C)=O)C(=O)N[C@@H](CCN)C(=O)C[C@H](C(=O)N[C@@H](CCN)C(=O)C[C@H]1CCNC(=O)[C@H]([C@@H](C)O)CC(=O)[C@H](CCN)NC(=O)[C@H](CCN)NC(=O)[C@H](CC(C)C)NC(=O)[C@@H](Cc2ccccc2)CC(=O)[C@H](CCN)NC1=O)[C@@H](C)O. The van der Waals surface area contributed by atoms with Crippen LogP contribution in [0.5, 0.6) is 0 Å². The minimum Gasteiger partial charge on any atom is -0.393 e. The summed E-state index contributed by atoms with van der Waals surface area (Å²) in [6.07, 6.45) is 0.358. The van der Waals surface area contributed by atoms with Crippen molar-refractivity contribution < 1.29 is 77.3 Å². The molecule has 1 aliphatic heterocycles. The molecule has 28 heteroatoms. The number of ether oxygens (including phenoxy) is 1. The third-order valence-electron chi connectivity index (χ3n) is 17.6. The van der Waals surface area contributed by atoms with E-state index in [-0.39, 0.29) is 128 Å². The van der Waals surface area contributed by atoms with E-state index in [2.05, 4.69) is 44.1 Å². The molecule has 13 atom stereocenters. The minimum atomic E-state index is -1.51. The molecule has 19 N–H and O–H groups in total. The lowest BCUT2D eigenvalue weighted by atomic mass is 9.88. The molecule has 1 aliphatic rings. The Bertz CT molecular complexity index is 2680. The van der Waals surface area contributed by atoms with Crippen LogP contribution in [0.15, 0.2) is 30.3 Å². The summed E-state index contributed by atoms with van der Waals surface area (Å²) in [6.45, 7) is 9.16. The maximum Gasteiger partial charge on any atom is 0.243 e. The Kier molecular flexibility index (Phi) is 43.5. The number of Topliss-reactive ketones (excluding diaryl/α,β-unsaturated/α-hetero) is 6. The Hall–Kier alpha value is -6.79. The lowest BCUT2D eigenvalue weighted by molar-refractivity contribution is -0.138. The summed E-state index contributed by atoms with van der Waals surface area (Å²) in [5, 5.41) is 40.9. The molecule has 0 bridgehead atoms. The Morgan fingerprint density at radius 1 is 0.582 bits per heavy atom. The van der Waals surface area contributed by atoms with E-state index in [1.54, 1.807) is 30.3 Å². The fraction of sp³-hybridized carbons (Fsp3) is 0.729. The average Bonchev–Trinajstić information content (AvgIpc) is 1.41. The van der Waals surface area contributed by atoms with Crippen molar-refractivity contribution in [3.63, 3.8) is 0 Å². The van der Waals surface area contributed by atoms with Crippen LogP contribution < -0.4 is 65.9 Å². The number of aliphatic hydroxyl groups is 2. The van der Waals surface area contributed by atoms with Crippen LogP contribution in [0.4, 0.5) is 0 Å². The number of carbonyl (C=O) groups is 13. The first-order valence-corrected chi connectivity index (χ1v) is 35.3. The third kappa shape index (κ3) is 33.8. The summed E-state index contributed by atoms with van der Waals surface area (Å²) in [6, 6.07) is 0.803. The van der Waals surface area contributed by atoms with Gasteiger partial charge in [-0.2, -0.15) is 0 Å². The Morgan fingerprint density at radius 3 is 1.70 bits per heavy atom. The van der Waals surface area contributed by atoms with Gasteiger partial charge in [0.2, 0.25) is 41.4 Å². The highest BCUT2D eigenvalue weighted by Gasteiger charge is 2.39. The van der Waals surface area contributed by atoms with Crippen LogP contribution in [0.2, 0.25) is 0 Å². The van der Waals surface area contributed by atoms with Crippen molar-refractivity contribution in [3.8, 4) is 0 Å². The van der Waals surface area contributed by atoms with Gasteiger partial charge in [-0.25, -0.2) is 0 Å². The molecule has 1 saturated heterocycles. The van der Waals surface area contributed by atoms with Crippen molar-refractivity contribution >= 4 is 76.0 Å². The van der Waals surface area contributed by atoms with E-state index in [0.29, 0.717) is 37.9 Å². The minimum absolute atomic E-state index is 0.00720. The molecule has 2 rings (SSSR count). The van der Waals surface area contributed by atoms with Crippen LogP contribution in [0, 0.1) is 35.5 Å². The van der Waals surface area contributed by atoms with E-state index in [0.717, 1.165) is 32.1 Å². The molecule has 1 aromatic rings. The predicted molar refractivity (Wildman–Crippen MR) is 369 cm³/mol. The summed E-state index contributed by atoms with van der Waals surface area (Å²) in [7, 11) is 0. The lowest BCUT2D eigenvalue weighted by Gasteiger charge is -2.28. The maximum atomic E-state index is 14.8. The van der Waals surface area contributed by atoms with Crippen molar-refractivity contribution in [2.24, 2.45) is 64.2 Å². The van der Waals surface area contributed by atoms with E-state index >= 15 is 0 Å². The van der Waals surface area contributed by atoms with Crippen molar-refractivity contribution in [1.29, 1.82) is 0 Å². The highest BCUT2D eigenvalue weighted by Crippen LogP contribution is 2.23. The zero-order valence-corrected chi connectivity index (χ0v) is 58.9. The molecule has 0 radical (unpaired) electrons. The zero-order valence-electron chi connectivity index (χ0n) is 58.9. The smallest absolute Gasteiger partial charge is 0.243 e. The van der Waals surface area contributed by atoms with Gasteiger partial charge < -0.3 is 85.6 Å². The quantitative estimate of drug-likeness (QED) is 0.0399. The first-order valence-electron chi connectivity index (χ1n) is 35.3. The summed E-state index contributed by atoms with van der Waals surface area (Å²) in [5.74, 6) is -15.0. The van der Waals surface area contributed by atoms with Gasteiger partial charge in [-0.3, -0.25) is 57.5 Å². The fourth-order valence-electron chi connectivity index (χ4n) is 11.8. The second-order valence-corrected chi connectivity index (χ2v) is 26.6. The van der Waals surface area contributed by atoms with Crippen LogP contribution >= 0.6 is 0 Å². The predicted octanol–water partition coefficient (Wildman–Crippen LogP) is 0.613. The van der Waals surface area contributed by atoms with Gasteiger partial charge in [0.25, 0.3) is 0 Å². The number of benzene rings is 1. The second kappa shape index (κ2) is 48.9. The van der Waals surface area contributed by atoms with E-state index in [9.17, 15) is 72.5 Å². The van der Waals surface area contributed by atoms with E-state index in [1.165, 1.54) is 20.8 Å². The van der Waals surface area contributed by atoms with Gasteiger partial charge in [0.15, 0.2) is 23.1 Å². The molecule has 0 aromatic heterocycles. The number of unbranched alkanes of at least 4 members (excludes halogenated alkanes) is 5. The summed E-state index contributed by atoms with van der Waals surface area (Å²) >= 11 is 0. The van der Waals surface area contributed by atoms with Crippen LogP contribution in [0.3, 0.4) is 0 Å². The number of carbonyl (C=O) groups excluding carboxylic acids is 13. The molecule has 1 aromatic carbocycles. The summed E-state index contributed by atoms with van der Waals surface area (Å²) in [4.78, 5) is 182. The van der Waals surface area contributed by atoms with Crippen LogP contribution in [0.25, 0.3) is 0 Å². The van der Waals surface area contributed by atoms with Gasteiger partial charge in [0, 0.05) is 75.9 Å². The van der Waals surface area contributed by atoms with Crippen molar-refractivity contribution in [1.82, 2.24) is 37.2 Å². The van der Waals surface area contributed by atoms with E-state index < -0.39 is 168 Å². The Labute approximate surface area is 578 Å². The van der Waals surface area contributed by atoms with Gasteiger partial charge in [-0.15, -0.1) is 0 Å². The standard InChI is InChI=1S/C70H118N12O16/c1-7-8-9-10-11-15-20-48(38-51(86)27-35-98-34-16-17-44(4)83)64(91)78-56(23-30-73)63(90)42-53(46(6)85)68(95)79-55(22-29-72)60(87)39-49-26-33-76-67(94)52(45(5)84)41-62(89)57(24-31-74)80-69(96)58(25-32-75)81-70(97)59(36-43(2)3)82-66(93)50(37-47-18-13-12-14-19-47)40-61(88)54(21-28-71)77-65(49)92/h12-14,18-19,43,45-46,48-50,52-59,84-85H,7-11,15-17,20-42,71-75H2,1-6H3,(H,76,94)(H,77,92)(H,78,91)(H,79,95)(H,80,96)(H,81,97)(H,82,93)/t45-,46-,48-,49-,50+,52+,53+,54+,55+,56+,57+,58+,59+/m1/s1. The molecule has 0 saturated carbocycles. The molecule has 28 nitrogen and oxygen atoms in total. The van der Waals surface area contributed by atoms with Crippen molar-refractivity contribution in [2.75, 3.05) is 52.5 Å². The number of hydrogen-bond donors (Lipinski definition) is 14. The van der Waals surface area contributed by atoms with Gasteiger partial charge in [0.05, 0.1) is 54.8 Å². The number of ketones is 6. The highest BCUT2D eigenvalue weighted by molar-refractivity contribution is 5.99. The molecular weight excluding hydrogens is 1260 g/mol. The topological polar surface area (TPSA) is 486 Å². The molecular formula is C70H118N12O16. The number of nitrogens with one attached hydrogen (secondary N) is 7. The highest BCUT2D eigenvalue weighted by atomic mass is 16.5. The normalized spacial score (nSPS) is 21.6. The zero-order chi connectivity index (χ0) is 73.3. The van der Waals surface area contributed by atoms with E-state index in [4.69, 9.17) is 33.4 Å². The summed E-state index contributed by atoms with van der Waals surface area (Å²) in [5.41, 5.74) is 30.5. The molecule has 1 heterocycles. The van der Waals surface area contributed by atoms with Gasteiger partial charge >= 0.3 is 0 Å². The number of nitrogens with two attached hydrogens (primary N) is 5. The number of hydrogen-bond acceptors (Lipinski definition) is 21. The Morgan fingerprint density at radius 2 is 1.12 bits per heavy atom. The molecule has 554 valence electrons. The summed E-state index contributed by atoms with van der Waals surface area (Å²) < 4.78 is 5.56. The monoisotopic (exact) mass is 1380 g/mol. The van der Waals surface area contributed by atoms with Crippen LogP contribution in [-0.2, 0) is 73.5 Å². The first kappa shape index (κ1) is 87.3. The number of aliphatic hydroxyl groups excluding tert-OH is 2. The number of amides is 7. The van der Waals surface area contributed by atoms with Gasteiger partial charge in [-0.1, -0.05) is 89.6 Å².